The molecule has 3 nitrogen and oxygen atoms in total. The molecule has 78 valence electrons. The zero-order valence-electron chi connectivity index (χ0n) is 9.03. The summed E-state index contributed by atoms with van der Waals surface area (Å²) in [6, 6.07) is 0.701. The molecule has 1 unspecified atom stereocenters. The van der Waals surface area contributed by atoms with Gasteiger partial charge in [-0.3, -0.25) is 4.68 Å². The van der Waals surface area contributed by atoms with Crippen molar-refractivity contribution in [2.45, 2.75) is 32.2 Å². The molecule has 0 spiro atoms. The Morgan fingerprint density at radius 1 is 1.64 bits per heavy atom. The molecule has 0 saturated heterocycles. The van der Waals surface area contributed by atoms with Crippen molar-refractivity contribution >= 4 is 0 Å². The standard InChI is InChI=1S/C11H19N3/c1-9(11-3-4-11)12-6-5-10-7-13-14(2)8-10/h7-9,11-12H,3-6H2,1-2H3. The highest BCUT2D eigenvalue weighted by Crippen LogP contribution is 2.32. The van der Waals surface area contributed by atoms with E-state index < -0.39 is 0 Å². The van der Waals surface area contributed by atoms with E-state index >= 15 is 0 Å². The first-order chi connectivity index (χ1) is 6.75. The van der Waals surface area contributed by atoms with Gasteiger partial charge in [-0.2, -0.15) is 5.10 Å². The molecule has 1 atom stereocenters. The molecule has 0 amide bonds. The van der Waals surface area contributed by atoms with E-state index in [1.807, 2.05) is 17.9 Å². The van der Waals surface area contributed by atoms with Crippen LogP contribution in [-0.2, 0) is 13.5 Å². The topological polar surface area (TPSA) is 29.9 Å². The molecule has 0 radical (unpaired) electrons. The Balaban J connectivity index is 1.67. The van der Waals surface area contributed by atoms with Gasteiger partial charge in [-0.15, -0.1) is 0 Å². The highest BCUT2D eigenvalue weighted by atomic mass is 15.2. The third kappa shape index (κ3) is 2.58. The second-order valence-corrected chi connectivity index (χ2v) is 4.35. The third-order valence-corrected chi connectivity index (χ3v) is 2.97. The van der Waals surface area contributed by atoms with Crippen LogP contribution in [0.1, 0.15) is 25.3 Å². The molecule has 2 rings (SSSR count). The van der Waals surface area contributed by atoms with Crippen molar-refractivity contribution < 1.29 is 0 Å². The molecule has 14 heavy (non-hydrogen) atoms. The largest absolute Gasteiger partial charge is 0.314 e. The molecule has 1 aliphatic rings. The van der Waals surface area contributed by atoms with Gasteiger partial charge in [0.2, 0.25) is 0 Å². The maximum atomic E-state index is 4.15. The lowest BCUT2D eigenvalue weighted by atomic mass is 10.2. The fraction of sp³-hybridized carbons (Fsp3) is 0.727. The maximum Gasteiger partial charge on any atom is 0.0522 e. The molecule has 1 saturated carbocycles. The van der Waals surface area contributed by atoms with Crippen LogP contribution in [0, 0.1) is 5.92 Å². The SMILES string of the molecule is CC(NCCc1cnn(C)c1)C1CC1. The van der Waals surface area contributed by atoms with Gasteiger partial charge < -0.3 is 5.32 Å². The molecular weight excluding hydrogens is 174 g/mol. The Bertz CT molecular complexity index is 288. The summed E-state index contributed by atoms with van der Waals surface area (Å²) in [4.78, 5) is 0. The van der Waals surface area contributed by atoms with E-state index in [4.69, 9.17) is 0 Å². The molecule has 0 aromatic carbocycles. The zero-order chi connectivity index (χ0) is 9.97. The van der Waals surface area contributed by atoms with Gasteiger partial charge in [-0.1, -0.05) is 0 Å². The maximum absolute atomic E-state index is 4.15. The smallest absolute Gasteiger partial charge is 0.0522 e. The van der Waals surface area contributed by atoms with Crippen LogP contribution in [0.15, 0.2) is 12.4 Å². The van der Waals surface area contributed by atoms with Crippen LogP contribution in [0.5, 0.6) is 0 Å². The highest BCUT2D eigenvalue weighted by molar-refractivity contribution is 5.04. The van der Waals surface area contributed by atoms with Crippen LogP contribution < -0.4 is 5.32 Å². The van der Waals surface area contributed by atoms with Gasteiger partial charge in [-0.25, -0.2) is 0 Å². The first kappa shape index (κ1) is 9.71. The average molecular weight is 193 g/mol. The van der Waals surface area contributed by atoms with Gasteiger partial charge in [0.1, 0.15) is 0 Å². The molecular formula is C11H19N3. The van der Waals surface area contributed by atoms with Gasteiger partial charge >= 0.3 is 0 Å². The fourth-order valence-electron chi connectivity index (χ4n) is 1.81. The second kappa shape index (κ2) is 4.13. The summed E-state index contributed by atoms with van der Waals surface area (Å²) >= 11 is 0. The number of hydrogen-bond donors (Lipinski definition) is 1. The summed E-state index contributed by atoms with van der Waals surface area (Å²) in [7, 11) is 1.96. The normalized spacial score (nSPS) is 18.4. The Kier molecular flexibility index (Phi) is 2.87. The summed E-state index contributed by atoms with van der Waals surface area (Å²) in [5.41, 5.74) is 1.32. The molecule has 1 aromatic heterocycles. The predicted molar refractivity (Wildman–Crippen MR) is 57.1 cm³/mol. The van der Waals surface area contributed by atoms with E-state index in [2.05, 4.69) is 23.5 Å². The molecule has 1 aromatic rings. The predicted octanol–water partition coefficient (Wildman–Crippen LogP) is 1.35. The summed E-state index contributed by atoms with van der Waals surface area (Å²) < 4.78 is 1.86. The van der Waals surface area contributed by atoms with Gasteiger partial charge in [0, 0.05) is 19.3 Å². The van der Waals surface area contributed by atoms with Gasteiger partial charge in [0.15, 0.2) is 0 Å². The minimum Gasteiger partial charge on any atom is -0.314 e. The van der Waals surface area contributed by atoms with E-state index in [1.54, 1.807) is 0 Å². The van der Waals surface area contributed by atoms with Crippen LogP contribution in [0.4, 0.5) is 0 Å². The number of hydrogen-bond acceptors (Lipinski definition) is 2. The second-order valence-electron chi connectivity index (χ2n) is 4.35. The summed E-state index contributed by atoms with van der Waals surface area (Å²) in [5, 5.41) is 7.72. The summed E-state index contributed by atoms with van der Waals surface area (Å²) in [6.45, 7) is 3.37. The lowest BCUT2D eigenvalue weighted by molar-refractivity contribution is 0.500. The van der Waals surface area contributed by atoms with Crippen molar-refractivity contribution in [3.05, 3.63) is 18.0 Å². The number of rotatable bonds is 5. The number of aromatic nitrogens is 2. The third-order valence-electron chi connectivity index (χ3n) is 2.97. The van der Waals surface area contributed by atoms with Crippen molar-refractivity contribution in [2.24, 2.45) is 13.0 Å². The molecule has 1 N–H and O–H groups in total. The Morgan fingerprint density at radius 2 is 2.43 bits per heavy atom. The number of aryl methyl sites for hydroxylation is 1. The first-order valence-corrected chi connectivity index (χ1v) is 5.46. The summed E-state index contributed by atoms with van der Waals surface area (Å²) in [5.74, 6) is 0.948. The Morgan fingerprint density at radius 3 is 3.00 bits per heavy atom. The van der Waals surface area contributed by atoms with Crippen LogP contribution in [0.25, 0.3) is 0 Å². The van der Waals surface area contributed by atoms with E-state index in [9.17, 15) is 0 Å². The molecule has 1 aliphatic carbocycles. The molecule has 1 heterocycles. The van der Waals surface area contributed by atoms with Crippen molar-refractivity contribution in [2.75, 3.05) is 6.54 Å². The lowest BCUT2D eigenvalue weighted by Crippen LogP contribution is -2.29. The van der Waals surface area contributed by atoms with E-state index in [0.717, 1.165) is 18.9 Å². The number of nitrogens with zero attached hydrogens (tertiary/aromatic N) is 2. The van der Waals surface area contributed by atoms with Crippen LogP contribution >= 0.6 is 0 Å². The number of nitrogens with one attached hydrogen (secondary N) is 1. The lowest BCUT2D eigenvalue weighted by Gasteiger charge is -2.11. The van der Waals surface area contributed by atoms with Crippen molar-refractivity contribution in [3.8, 4) is 0 Å². The van der Waals surface area contributed by atoms with E-state index in [0.29, 0.717) is 6.04 Å². The average Bonchev–Trinajstić information content (AvgIpc) is 2.92. The fourth-order valence-corrected chi connectivity index (χ4v) is 1.81. The van der Waals surface area contributed by atoms with Crippen molar-refractivity contribution in [1.82, 2.24) is 15.1 Å². The van der Waals surface area contributed by atoms with E-state index in [-0.39, 0.29) is 0 Å². The monoisotopic (exact) mass is 193 g/mol. The highest BCUT2D eigenvalue weighted by Gasteiger charge is 2.27. The van der Waals surface area contributed by atoms with Crippen LogP contribution in [0.2, 0.25) is 0 Å². The molecule has 0 aliphatic heterocycles. The van der Waals surface area contributed by atoms with Gasteiger partial charge in [0.25, 0.3) is 0 Å². The molecule has 0 bridgehead atoms. The molecule has 1 fully saturated rings. The van der Waals surface area contributed by atoms with E-state index in [1.165, 1.54) is 18.4 Å². The van der Waals surface area contributed by atoms with Crippen LogP contribution in [0.3, 0.4) is 0 Å². The van der Waals surface area contributed by atoms with Crippen LogP contribution in [-0.4, -0.2) is 22.4 Å². The Hall–Kier alpha value is -0.830. The summed E-state index contributed by atoms with van der Waals surface area (Å²) in [6.07, 6.45) is 7.96. The van der Waals surface area contributed by atoms with Gasteiger partial charge in [-0.05, 0) is 44.2 Å². The first-order valence-electron chi connectivity index (χ1n) is 5.46. The van der Waals surface area contributed by atoms with Gasteiger partial charge in [0.05, 0.1) is 6.20 Å². The minimum absolute atomic E-state index is 0.701. The van der Waals surface area contributed by atoms with Crippen molar-refractivity contribution in [1.29, 1.82) is 0 Å². The molecule has 3 heteroatoms. The van der Waals surface area contributed by atoms with Crippen molar-refractivity contribution in [3.63, 3.8) is 0 Å². The zero-order valence-corrected chi connectivity index (χ0v) is 9.03. The minimum atomic E-state index is 0.701. The Labute approximate surface area is 85.5 Å². The quantitative estimate of drug-likeness (QED) is 0.765.